The standard InChI is InChI=1S/C85H152NO8P/c1-3-5-7-9-11-13-15-17-19-21-23-25-27-29-31-33-35-37-39-40-41-42-44-46-48-50-52-54-56-58-60-62-64-66-68-70-72-74-76-78-85(88)94-83(82-93-95(89,90)92-80-79-86)81-91-84(87)77-75-73-71-69-67-65-63-61-59-57-55-53-51-49-47-45-43-38-36-34-32-30-28-26-24-22-20-18-16-14-12-10-8-6-4-2/h5,7,11,13,17,19,22-25,29,31,35,37,40-41,44,46,83H,3-4,6,8-10,12,14-16,18,20-21,26-28,30,32-34,36,38-39,42-43,45,47-82,86H2,1-2H3,(H,89,90)/b7-5-,13-11-,19-17-,24-22-,25-23-,31-29-,37-35-,41-40-,46-44-. The van der Waals surface area contributed by atoms with Crippen molar-refractivity contribution in [2.24, 2.45) is 5.73 Å². The number of unbranched alkanes of at least 4 members (excludes halogenated alkanes) is 45. The van der Waals surface area contributed by atoms with Gasteiger partial charge in [-0.1, -0.05) is 380 Å². The van der Waals surface area contributed by atoms with E-state index in [1.54, 1.807) is 0 Å². The van der Waals surface area contributed by atoms with Crippen LogP contribution in [0, 0.1) is 0 Å². The third-order valence-corrected chi connectivity index (χ3v) is 18.6. The van der Waals surface area contributed by atoms with Crippen LogP contribution in [0.4, 0.5) is 0 Å². The summed E-state index contributed by atoms with van der Waals surface area (Å²) in [4.78, 5) is 35.5. The highest BCUT2D eigenvalue weighted by Gasteiger charge is 2.26. The van der Waals surface area contributed by atoms with Gasteiger partial charge >= 0.3 is 19.8 Å². The van der Waals surface area contributed by atoms with Gasteiger partial charge < -0.3 is 20.1 Å². The number of hydrogen-bond donors (Lipinski definition) is 2. The summed E-state index contributed by atoms with van der Waals surface area (Å²) in [6.45, 7) is 3.68. The molecule has 0 radical (unpaired) electrons. The number of phosphoric ester groups is 1. The third kappa shape index (κ3) is 79.5. The Balaban J connectivity index is 3.81. The van der Waals surface area contributed by atoms with Crippen LogP contribution in [0.25, 0.3) is 0 Å². The number of allylic oxidation sites excluding steroid dienone is 18. The van der Waals surface area contributed by atoms with Gasteiger partial charge in [-0.15, -0.1) is 0 Å². The van der Waals surface area contributed by atoms with Crippen LogP contribution in [0.1, 0.15) is 386 Å². The minimum atomic E-state index is -4.40. The summed E-state index contributed by atoms with van der Waals surface area (Å²) >= 11 is 0. The van der Waals surface area contributed by atoms with Gasteiger partial charge in [0, 0.05) is 19.4 Å². The predicted molar refractivity (Wildman–Crippen MR) is 413 cm³/mol. The minimum absolute atomic E-state index is 0.0518. The summed E-state index contributed by atoms with van der Waals surface area (Å²) in [5.41, 5.74) is 5.42. The fourth-order valence-corrected chi connectivity index (χ4v) is 12.5. The zero-order chi connectivity index (χ0) is 68.6. The molecule has 550 valence electrons. The van der Waals surface area contributed by atoms with Gasteiger partial charge in [-0.05, 0) is 103 Å². The molecule has 9 nitrogen and oxygen atoms in total. The van der Waals surface area contributed by atoms with Gasteiger partial charge in [-0.3, -0.25) is 18.6 Å². The van der Waals surface area contributed by atoms with Gasteiger partial charge in [-0.2, -0.15) is 0 Å². The minimum Gasteiger partial charge on any atom is -0.462 e. The van der Waals surface area contributed by atoms with Gasteiger partial charge in [0.25, 0.3) is 0 Å². The highest BCUT2D eigenvalue weighted by Crippen LogP contribution is 2.43. The first-order chi connectivity index (χ1) is 46.8. The Hall–Kier alpha value is -3.33. The van der Waals surface area contributed by atoms with Crippen molar-refractivity contribution in [2.45, 2.75) is 392 Å². The maximum Gasteiger partial charge on any atom is 0.472 e. The molecule has 0 aliphatic carbocycles. The van der Waals surface area contributed by atoms with E-state index in [2.05, 4.69) is 123 Å². The SMILES string of the molecule is CC/C=C\C/C=C\C/C=C\C/C=C\C/C=C\C/C=C\C/C=C\C/C=C\CCCCCCCCCCCCCCCCC(=O)OC(COC(=O)CCCCCCCCCCCCCCCCCCCCCCCCC/C=C\CCCCCCCCCC)COP(=O)(O)OCCN. The van der Waals surface area contributed by atoms with Crippen molar-refractivity contribution in [2.75, 3.05) is 26.4 Å². The Morgan fingerprint density at radius 2 is 0.579 bits per heavy atom. The average molecular weight is 1350 g/mol. The van der Waals surface area contributed by atoms with E-state index in [4.69, 9.17) is 24.3 Å². The molecule has 2 unspecified atom stereocenters. The van der Waals surface area contributed by atoms with Gasteiger partial charge in [0.15, 0.2) is 6.10 Å². The summed E-state index contributed by atoms with van der Waals surface area (Å²) in [7, 11) is -4.40. The van der Waals surface area contributed by atoms with Crippen LogP contribution in [0.3, 0.4) is 0 Å². The summed E-state index contributed by atoms with van der Waals surface area (Å²) in [5.74, 6) is -0.814. The summed E-state index contributed by atoms with van der Waals surface area (Å²) in [6.07, 6.45) is 111. The number of ether oxygens (including phenoxy) is 2. The molecule has 0 spiro atoms. The average Bonchev–Trinajstić information content (AvgIpc) is 3.16. The van der Waals surface area contributed by atoms with E-state index in [0.29, 0.717) is 6.42 Å². The first kappa shape index (κ1) is 91.7. The normalized spacial score (nSPS) is 13.4. The van der Waals surface area contributed by atoms with Gasteiger partial charge in [0.1, 0.15) is 6.61 Å². The lowest BCUT2D eigenvalue weighted by Crippen LogP contribution is -2.29. The molecule has 10 heteroatoms. The van der Waals surface area contributed by atoms with E-state index in [9.17, 15) is 19.0 Å². The molecular weight excluding hydrogens is 1190 g/mol. The number of esters is 2. The molecule has 95 heavy (non-hydrogen) atoms. The van der Waals surface area contributed by atoms with Crippen molar-refractivity contribution in [3.05, 3.63) is 109 Å². The van der Waals surface area contributed by atoms with Crippen LogP contribution in [-0.4, -0.2) is 49.3 Å². The van der Waals surface area contributed by atoms with E-state index in [-0.39, 0.29) is 38.6 Å². The second-order valence-corrected chi connectivity index (χ2v) is 28.4. The van der Waals surface area contributed by atoms with Gasteiger partial charge in [-0.25, -0.2) is 4.57 Å². The number of nitrogens with two attached hydrogens (primary N) is 1. The second-order valence-electron chi connectivity index (χ2n) is 26.9. The summed E-state index contributed by atoms with van der Waals surface area (Å²) in [5, 5.41) is 0. The highest BCUT2D eigenvalue weighted by atomic mass is 31.2. The molecule has 0 saturated carbocycles. The Kier molecular flexibility index (Phi) is 76.9. The Bertz CT molecular complexity index is 1930. The zero-order valence-corrected chi connectivity index (χ0v) is 63.0. The lowest BCUT2D eigenvalue weighted by atomic mass is 10.0. The van der Waals surface area contributed by atoms with Crippen LogP contribution in [0.2, 0.25) is 0 Å². The lowest BCUT2D eigenvalue weighted by molar-refractivity contribution is -0.161. The van der Waals surface area contributed by atoms with Crippen LogP contribution in [0.5, 0.6) is 0 Å². The number of phosphoric acid groups is 1. The maximum atomic E-state index is 12.8. The summed E-state index contributed by atoms with van der Waals surface area (Å²) < 4.78 is 33.3. The van der Waals surface area contributed by atoms with Crippen molar-refractivity contribution in [1.29, 1.82) is 0 Å². The first-order valence-corrected chi connectivity index (χ1v) is 41.9. The lowest BCUT2D eigenvalue weighted by Gasteiger charge is -2.19. The number of rotatable bonds is 76. The van der Waals surface area contributed by atoms with E-state index in [1.165, 1.54) is 263 Å². The van der Waals surface area contributed by atoms with E-state index in [0.717, 1.165) is 89.9 Å². The molecule has 0 aliphatic heterocycles. The molecule has 0 amide bonds. The van der Waals surface area contributed by atoms with Crippen molar-refractivity contribution < 1.29 is 37.6 Å². The molecule has 0 saturated heterocycles. The Morgan fingerprint density at radius 1 is 0.326 bits per heavy atom. The fraction of sp³-hybridized carbons (Fsp3) is 0.765. The molecule has 0 aromatic rings. The molecule has 0 heterocycles. The van der Waals surface area contributed by atoms with Crippen LogP contribution < -0.4 is 5.73 Å². The third-order valence-electron chi connectivity index (χ3n) is 17.6. The van der Waals surface area contributed by atoms with Crippen LogP contribution >= 0.6 is 7.82 Å². The van der Waals surface area contributed by atoms with E-state index < -0.39 is 26.5 Å². The van der Waals surface area contributed by atoms with E-state index >= 15 is 0 Å². The zero-order valence-electron chi connectivity index (χ0n) is 62.1. The van der Waals surface area contributed by atoms with Crippen molar-refractivity contribution in [3.63, 3.8) is 0 Å². The van der Waals surface area contributed by atoms with Crippen molar-refractivity contribution in [3.8, 4) is 0 Å². The topological polar surface area (TPSA) is 134 Å². The van der Waals surface area contributed by atoms with Crippen LogP contribution in [-0.2, 0) is 32.7 Å². The molecule has 2 atom stereocenters. The first-order valence-electron chi connectivity index (χ1n) is 40.4. The molecule has 0 bridgehead atoms. The maximum absolute atomic E-state index is 12.8. The van der Waals surface area contributed by atoms with Gasteiger partial charge in [0.05, 0.1) is 13.2 Å². The smallest absolute Gasteiger partial charge is 0.462 e. The molecule has 0 fully saturated rings. The number of hydrogen-bond acceptors (Lipinski definition) is 8. The molecular formula is C85H152NO8P. The molecule has 3 N–H and O–H groups in total. The number of carbonyl (C=O) groups excluding carboxylic acids is 2. The monoisotopic (exact) mass is 1350 g/mol. The van der Waals surface area contributed by atoms with E-state index in [1.807, 2.05) is 0 Å². The molecule has 0 rings (SSSR count). The summed E-state index contributed by atoms with van der Waals surface area (Å²) in [6, 6.07) is 0. The van der Waals surface area contributed by atoms with Crippen LogP contribution in [0.15, 0.2) is 109 Å². The molecule has 0 aromatic heterocycles. The highest BCUT2D eigenvalue weighted by molar-refractivity contribution is 7.47. The molecule has 0 aliphatic rings. The number of carbonyl (C=O) groups is 2. The van der Waals surface area contributed by atoms with Gasteiger partial charge in [0.2, 0.25) is 0 Å². The fourth-order valence-electron chi connectivity index (χ4n) is 11.7. The van der Waals surface area contributed by atoms with Crippen molar-refractivity contribution in [1.82, 2.24) is 0 Å². The molecule has 0 aromatic carbocycles. The van der Waals surface area contributed by atoms with Crippen molar-refractivity contribution >= 4 is 19.8 Å². The Morgan fingerprint density at radius 3 is 0.874 bits per heavy atom. The Labute approximate surface area is 588 Å². The quantitative estimate of drug-likeness (QED) is 0.0264. The largest absolute Gasteiger partial charge is 0.472 e. The second kappa shape index (κ2) is 79.7. The predicted octanol–water partition coefficient (Wildman–Crippen LogP) is 27.2.